The maximum atomic E-state index is 14.3. The van der Waals surface area contributed by atoms with E-state index >= 15 is 0 Å². The second kappa shape index (κ2) is 6.55. The summed E-state index contributed by atoms with van der Waals surface area (Å²) in [6.07, 6.45) is 6.37. The number of halogens is 1. The molecule has 0 spiro atoms. The Bertz CT molecular complexity index is 777. The Kier molecular flexibility index (Phi) is 4.63. The van der Waals surface area contributed by atoms with Crippen molar-refractivity contribution in [2.75, 3.05) is 0 Å². The van der Waals surface area contributed by atoms with Gasteiger partial charge in [0, 0.05) is 12.2 Å². The van der Waals surface area contributed by atoms with Crippen LogP contribution < -0.4 is 16.0 Å². The lowest BCUT2D eigenvalue weighted by Gasteiger charge is -2.42. The maximum absolute atomic E-state index is 14.3. The van der Waals surface area contributed by atoms with Crippen LogP contribution in [0.25, 0.3) is 10.8 Å². The summed E-state index contributed by atoms with van der Waals surface area (Å²) in [4.78, 5) is 14.3. The van der Waals surface area contributed by atoms with Crippen molar-refractivity contribution in [2.45, 2.75) is 58.1 Å². The molecule has 0 radical (unpaired) electrons. The van der Waals surface area contributed by atoms with Gasteiger partial charge in [0.15, 0.2) is 11.6 Å². The number of H-pyrrole nitrogens is 1. The van der Waals surface area contributed by atoms with Crippen molar-refractivity contribution in [2.24, 2.45) is 11.1 Å². The molecule has 3 N–H and O–H groups in total. The second-order valence-electron chi connectivity index (χ2n) is 7.00. The highest BCUT2D eigenvalue weighted by atomic mass is 19.1. The van der Waals surface area contributed by atoms with Gasteiger partial charge >= 0.3 is 0 Å². The van der Waals surface area contributed by atoms with Crippen molar-refractivity contribution < 1.29 is 9.13 Å². The number of benzene rings is 1. The van der Waals surface area contributed by atoms with Crippen LogP contribution in [-0.2, 0) is 0 Å². The van der Waals surface area contributed by atoms with Gasteiger partial charge in [-0.15, -0.1) is 0 Å². The number of ether oxygens (including phenoxy) is 1. The number of hydrogen-bond donors (Lipinski definition) is 2. The van der Waals surface area contributed by atoms with Crippen LogP contribution in [0.15, 0.2) is 29.2 Å². The monoisotopic (exact) mass is 332 g/mol. The zero-order valence-corrected chi connectivity index (χ0v) is 14.3. The summed E-state index contributed by atoms with van der Waals surface area (Å²) >= 11 is 0. The first-order valence-electron chi connectivity index (χ1n) is 8.68. The van der Waals surface area contributed by atoms with E-state index in [1.807, 2.05) is 0 Å². The van der Waals surface area contributed by atoms with Crippen LogP contribution in [0.1, 0.15) is 46.0 Å². The van der Waals surface area contributed by atoms with Crippen molar-refractivity contribution in [1.82, 2.24) is 4.98 Å². The van der Waals surface area contributed by atoms with E-state index in [4.69, 9.17) is 10.5 Å². The summed E-state index contributed by atoms with van der Waals surface area (Å²) in [6, 6.07) is 4.78. The van der Waals surface area contributed by atoms with Crippen LogP contribution in [0.4, 0.5) is 4.39 Å². The summed E-state index contributed by atoms with van der Waals surface area (Å²) in [7, 11) is 0. The molecule has 130 valence electrons. The molecular formula is C19H25FN2O2. The number of aromatic amines is 1. The highest BCUT2D eigenvalue weighted by Gasteiger charge is 2.37. The summed E-state index contributed by atoms with van der Waals surface area (Å²) in [5, 5.41) is 1.03. The molecule has 1 saturated carbocycles. The third kappa shape index (κ3) is 3.05. The fourth-order valence-electron chi connectivity index (χ4n) is 3.87. The largest absolute Gasteiger partial charge is 0.487 e. The van der Waals surface area contributed by atoms with Gasteiger partial charge in [-0.2, -0.15) is 0 Å². The van der Waals surface area contributed by atoms with E-state index in [0.29, 0.717) is 10.8 Å². The molecule has 1 aromatic heterocycles. The number of pyridine rings is 1. The second-order valence-corrected chi connectivity index (χ2v) is 7.00. The van der Waals surface area contributed by atoms with Crippen LogP contribution in [-0.4, -0.2) is 17.1 Å². The normalized spacial score (nSPS) is 25.6. The van der Waals surface area contributed by atoms with E-state index < -0.39 is 5.82 Å². The SMILES string of the molecule is CC[C@]1([C@@H](C)N)CC[C@H](Oc2cc3cc[nH]c(=O)c3cc2F)CC1. The number of hydrogen-bond acceptors (Lipinski definition) is 3. The van der Waals surface area contributed by atoms with Gasteiger partial charge < -0.3 is 15.5 Å². The Morgan fingerprint density at radius 2 is 2.12 bits per heavy atom. The van der Waals surface area contributed by atoms with E-state index in [2.05, 4.69) is 18.8 Å². The first-order valence-corrected chi connectivity index (χ1v) is 8.68. The van der Waals surface area contributed by atoms with Crippen LogP contribution in [0.3, 0.4) is 0 Å². The molecule has 0 saturated heterocycles. The van der Waals surface area contributed by atoms with Gasteiger partial charge in [-0.1, -0.05) is 6.92 Å². The predicted octanol–water partition coefficient (Wildman–Crippen LogP) is 3.73. The van der Waals surface area contributed by atoms with Crippen molar-refractivity contribution in [3.8, 4) is 5.75 Å². The molecule has 1 aromatic carbocycles. The fourth-order valence-corrected chi connectivity index (χ4v) is 3.87. The first-order chi connectivity index (χ1) is 11.4. The zero-order valence-electron chi connectivity index (χ0n) is 14.3. The minimum Gasteiger partial charge on any atom is -0.487 e. The van der Waals surface area contributed by atoms with Crippen molar-refractivity contribution >= 4 is 10.8 Å². The first kappa shape index (κ1) is 17.0. The van der Waals surface area contributed by atoms with Crippen molar-refractivity contribution in [3.63, 3.8) is 0 Å². The van der Waals surface area contributed by atoms with Gasteiger partial charge in [0.2, 0.25) is 0 Å². The Hall–Kier alpha value is -1.88. The highest BCUT2D eigenvalue weighted by Crippen LogP contribution is 2.42. The standard InChI is InChI=1S/C19H25FN2O2/c1-3-19(12(2)21)7-4-14(5-8-19)24-17-10-13-6-9-22-18(23)15(13)11-16(17)20/h6,9-12,14H,3-5,7-8,21H2,1-2H3,(H,22,23)/t12-,14-,19-/m1/s1. The molecule has 0 aliphatic heterocycles. The fraction of sp³-hybridized carbons (Fsp3) is 0.526. The van der Waals surface area contributed by atoms with E-state index in [1.54, 1.807) is 18.3 Å². The number of nitrogens with one attached hydrogen (secondary N) is 1. The highest BCUT2D eigenvalue weighted by molar-refractivity contribution is 5.82. The van der Waals surface area contributed by atoms with Crippen LogP contribution in [0.5, 0.6) is 5.75 Å². The molecule has 1 fully saturated rings. The minimum atomic E-state index is -0.487. The molecule has 4 nitrogen and oxygen atoms in total. The molecule has 24 heavy (non-hydrogen) atoms. The Morgan fingerprint density at radius 3 is 2.75 bits per heavy atom. The Balaban J connectivity index is 1.77. The lowest BCUT2D eigenvalue weighted by Crippen LogP contribution is -2.43. The van der Waals surface area contributed by atoms with Crippen LogP contribution >= 0.6 is 0 Å². The smallest absolute Gasteiger partial charge is 0.255 e. The lowest BCUT2D eigenvalue weighted by atomic mass is 9.67. The predicted molar refractivity (Wildman–Crippen MR) is 93.8 cm³/mol. The third-order valence-electron chi connectivity index (χ3n) is 5.72. The molecule has 1 atom stereocenters. The van der Waals surface area contributed by atoms with Crippen molar-refractivity contribution in [1.29, 1.82) is 0 Å². The van der Waals surface area contributed by atoms with E-state index in [-0.39, 0.29) is 28.9 Å². The summed E-state index contributed by atoms with van der Waals surface area (Å²) in [5.41, 5.74) is 6.06. The Labute approximate surface area is 141 Å². The van der Waals surface area contributed by atoms with E-state index in [9.17, 15) is 9.18 Å². The van der Waals surface area contributed by atoms with Gasteiger partial charge in [-0.05, 0) is 68.0 Å². The molecule has 0 bridgehead atoms. The van der Waals surface area contributed by atoms with Crippen molar-refractivity contribution in [3.05, 3.63) is 40.6 Å². The van der Waals surface area contributed by atoms with Gasteiger partial charge in [-0.3, -0.25) is 4.79 Å². The molecule has 0 unspecified atom stereocenters. The van der Waals surface area contributed by atoms with Gasteiger partial charge in [0.25, 0.3) is 5.56 Å². The minimum absolute atomic E-state index is 0.00243. The maximum Gasteiger partial charge on any atom is 0.255 e. The topological polar surface area (TPSA) is 68.1 Å². The average Bonchev–Trinajstić information content (AvgIpc) is 2.57. The summed E-state index contributed by atoms with van der Waals surface area (Å²) in [5.74, 6) is -0.262. The number of rotatable bonds is 4. The molecule has 1 heterocycles. The summed E-state index contributed by atoms with van der Waals surface area (Å²) in [6.45, 7) is 4.26. The molecule has 1 aliphatic rings. The van der Waals surface area contributed by atoms with E-state index in [1.165, 1.54) is 6.07 Å². The molecule has 0 amide bonds. The molecule has 3 rings (SSSR count). The molecule has 1 aliphatic carbocycles. The van der Waals surface area contributed by atoms with Gasteiger partial charge in [0.1, 0.15) is 0 Å². The van der Waals surface area contributed by atoms with Gasteiger partial charge in [0.05, 0.1) is 11.5 Å². The molecule has 5 heteroatoms. The number of aromatic nitrogens is 1. The zero-order chi connectivity index (χ0) is 17.3. The molecular weight excluding hydrogens is 307 g/mol. The Morgan fingerprint density at radius 1 is 1.42 bits per heavy atom. The number of nitrogens with two attached hydrogens (primary N) is 1. The van der Waals surface area contributed by atoms with Gasteiger partial charge in [-0.25, -0.2) is 4.39 Å². The van der Waals surface area contributed by atoms with Crippen LogP contribution in [0, 0.1) is 11.2 Å². The third-order valence-corrected chi connectivity index (χ3v) is 5.72. The summed E-state index contributed by atoms with van der Waals surface area (Å²) < 4.78 is 20.2. The van der Waals surface area contributed by atoms with E-state index in [0.717, 1.165) is 32.1 Å². The van der Waals surface area contributed by atoms with Crippen LogP contribution in [0.2, 0.25) is 0 Å². The lowest BCUT2D eigenvalue weighted by molar-refractivity contribution is 0.0598. The average molecular weight is 332 g/mol. The number of fused-ring (bicyclic) bond motifs is 1. The quantitative estimate of drug-likeness (QED) is 0.896. The molecule has 2 aromatic rings.